The average molecular weight is 286 g/mol. The van der Waals surface area contributed by atoms with Gasteiger partial charge in [0.1, 0.15) is 5.78 Å². The lowest BCUT2D eigenvalue weighted by Gasteiger charge is -2.12. The first kappa shape index (κ1) is 14.4. The summed E-state index contributed by atoms with van der Waals surface area (Å²) in [7, 11) is 0. The standard InChI is InChI=1S/C14H22O2S2/c1-9(15)10-3-6-13(7-10)18-14(16)11-4-5-12(8-11)17-2/h10-13H,3-8H2,1-2H3/t10-,11+,12-,13-/m0/s1. The van der Waals surface area contributed by atoms with Crippen LogP contribution in [-0.4, -0.2) is 27.7 Å². The van der Waals surface area contributed by atoms with E-state index in [1.807, 2.05) is 11.8 Å². The molecule has 0 spiro atoms. The third kappa shape index (κ3) is 3.53. The van der Waals surface area contributed by atoms with Crippen molar-refractivity contribution in [1.29, 1.82) is 0 Å². The van der Waals surface area contributed by atoms with Crippen molar-refractivity contribution in [3.63, 3.8) is 0 Å². The van der Waals surface area contributed by atoms with Crippen LogP contribution in [0.25, 0.3) is 0 Å². The second kappa shape index (κ2) is 6.47. The summed E-state index contributed by atoms with van der Waals surface area (Å²) in [5.74, 6) is 0.801. The van der Waals surface area contributed by atoms with Crippen LogP contribution in [0.3, 0.4) is 0 Å². The molecule has 18 heavy (non-hydrogen) atoms. The number of hydrogen-bond acceptors (Lipinski definition) is 4. The molecule has 0 aromatic heterocycles. The van der Waals surface area contributed by atoms with Crippen molar-refractivity contribution in [2.24, 2.45) is 11.8 Å². The zero-order valence-electron chi connectivity index (χ0n) is 11.2. The van der Waals surface area contributed by atoms with Crippen LogP contribution >= 0.6 is 23.5 Å². The molecular formula is C14H22O2S2. The van der Waals surface area contributed by atoms with E-state index < -0.39 is 0 Å². The number of carbonyl (C=O) groups is 2. The van der Waals surface area contributed by atoms with E-state index in [1.165, 1.54) is 18.2 Å². The third-order valence-corrected chi connectivity index (χ3v) is 6.72. The van der Waals surface area contributed by atoms with Crippen molar-refractivity contribution < 1.29 is 9.59 Å². The Balaban J connectivity index is 1.77. The van der Waals surface area contributed by atoms with Crippen molar-refractivity contribution in [3.05, 3.63) is 0 Å². The molecule has 102 valence electrons. The Labute approximate surface area is 118 Å². The van der Waals surface area contributed by atoms with Crippen molar-refractivity contribution in [2.75, 3.05) is 6.26 Å². The maximum atomic E-state index is 12.2. The van der Waals surface area contributed by atoms with E-state index in [-0.39, 0.29) is 11.8 Å². The molecule has 4 heteroatoms. The molecule has 0 saturated heterocycles. The Morgan fingerprint density at radius 2 is 1.56 bits per heavy atom. The normalized spacial score (nSPS) is 35.9. The van der Waals surface area contributed by atoms with E-state index in [4.69, 9.17) is 0 Å². The number of thioether (sulfide) groups is 2. The van der Waals surface area contributed by atoms with Gasteiger partial charge in [-0.2, -0.15) is 11.8 Å². The number of ketones is 1. The quantitative estimate of drug-likeness (QED) is 0.791. The molecule has 0 amide bonds. The summed E-state index contributed by atoms with van der Waals surface area (Å²) in [6.07, 6.45) is 8.41. The topological polar surface area (TPSA) is 34.1 Å². The molecule has 2 aliphatic carbocycles. The number of rotatable bonds is 4. The SMILES string of the molecule is CS[C@H]1CC[C@@H](C(=O)S[C@H]2CC[C@H](C(C)=O)C2)C1. The van der Waals surface area contributed by atoms with Gasteiger partial charge in [0.2, 0.25) is 0 Å². The van der Waals surface area contributed by atoms with Crippen LogP contribution < -0.4 is 0 Å². The van der Waals surface area contributed by atoms with Gasteiger partial charge in [-0.15, -0.1) is 0 Å². The Kier molecular flexibility index (Phi) is 5.19. The molecule has 2 fully saturated rings. The van der Waals surface area contributed by atoms with Gasteiger partial charge in [0.05, 0.1) is 0 Å². The highest BCUT2D eigenvalue weighted by molar-refractivity contribution is 8.14. The van der Waals surface area contributed by atoms with Crippen LogP contribution in [-0.2, 0) is 9.59 Å². The van der Waals surface area contributed by atoms with E-state index >= 15 is 0 Å². The molecule has 0 unspecified atom stereocenters. The molecule has 4 atom stereocenters. The van der Waals surface area contributed by atoms with E-state index in [2.05, 4.69) is 6.26 Å². The van der Waals surface area contributed by atoms with E-state index in [0.717, 1.165) is 32.1 Å². The predicted molar refractivity (Wildman–Crippen MR) is 79.1 cm³/mol. The number of carbonyl (C=O) groups excluding carboxylic acids is 2. The molecule has 2 nitrogen and oxygen atoms in total. The summed E-state index contributed by atoms with van der Waals surface area (Å²) < 4.78 is 0. The van der Waals surface area contributed by atoms with Crippen LogP contribution in [0.2, 0.25) is 0 Å². The van der Waals surface area contributed by atoms with Crippen LogP contribution in [0, 0.1) is 11.8 Å². The first-order valence-electron chi connectivity index (χ1n) is 6.84. The van der Waals surface area contributed by atoms with Crippen molar-refractivity contribution >= 4 is 34.4 Å². The smallest absolute Gasteiger partial charge is 0.192 e. The molecule has 0 radical (unpaired) electrons. The molecule has 0 heterocycles. The van der Waals surface area contributed by atoms with Gasteiger partial charge in [0, 0.05) is 22.3 Å². The second-order valence-electron chi connectivity index (χ2n) is 5.55. The van der Waals surface area contributed by atoms with E-state index in [1.54, 1.807) is 6.92 Å². The fraction of sp³-hybridized carbons (Fsp3) is 0.857. The Hall–Kier alpha value is 0.0400. The highest BCUT2D eigenvalue weighted by atomic mass is 32.2. The summed E-state index contributed by atoms with van der Waals surface area (Å²) in [6, 6.07) is 0. The van der Waals surface area contributed by atoms with Gasteiger partial charge in [0.15, 0.2) is 5.12 Å². The molecule has 2 saturated carbocycles. The molecule has 2 aliphatic rings. The van der Waals surface area contributed by atoms with Crippen LogP contribution in [0.1, 0.15) is 45.4 Å². The number of Topliss-reactive ketones (excluding diaryl/α,β-unsaturated/α-hetero) is 1. The van der Waals surface area contributed by atoms with Gasteiger partial charge in [-0.25, -0.2) is 0 Å². The molecule has 2 rings (SSSR count). The van der Waals surface area contributed by atoms with E-state index in [0.29, 0.717) is 21.4 Å². The minimum absolute atomic E-state index is 0.220. The van der Waals surface area contributed by atoms with Crippen molar-refractivity contribution in [2.45, 2.75) is 55.9 Å². The van der Waals surface area contributed by atoms with Gasteiger partial charge in [-0.05, 0) is 51.7 Å². The largest absolute Gasteiger partial charge is 0.300 e. The van der Waals surface area contributed by atoms with Gasteiger partial charge < -0.3 is 0 Å². The molecule has 0 N–H and O–H groups in total. The van der Waals surface area contributed by atoms with Gasteiger partial charge in [-0.3, -0.25) is 9.59 Å². The lowest BCUT2D eigenvalue weighted by Crippen LogP contribution is -2.13. The minimum Gasteiger partial charge on any atom is -0.300 e. The van der Waals surface area contributed by atoms with Crippen LogP contribution in [0.4, 0.5) is 0 Å². The fourth-order valence-electron chi connectivity index (χ4n) is 3.05. The predicted octanol–water partition coefficient (Wildman–Crippen LogP) is 3.54. The fourth-order valence-corrected chi connectivity index (χ4v) is 5.16. The summed E-state index contributed by atoms with van der Waals surface area (Å²) in [6.45, 7) is 1.68. The van der Waals surface area contributed by atoms with E-state index in [9.17, 15) is 9.59 Å². The lowest BCUT2D eigenvalue weighted by atomic mass is 10.0. The van der Waals surface area contributed by atoms with Gasteiger partial charge >= 0.3 is 0 Å². The summed E-state index contributed by atoms with van der Waals surface area (Å²) in [4.78, 5) is 23.5. The van der Waals surface area contributed by atoms with Gasteiger partial charge in [-0.1, -0.05) is 11.8 Å². The van der Waals surface area contributed by atoms with Crippen LogP contribution in [0.15, 0.2) is 0 Å². The highest BCUT2D eigenvalue weighted by Crippen LogP contribution is 2.40. The molecule has 0 bridgehead atoms. The average Bonchev–Trinajstić information content (AvgIpc) is 2.96. The summed E-state index contributed by atoms with van der Waals surface area (Å²) in [5.41, 5.74) is 0. The first-order valence-corrected chi connectivity index (χ1v) is 9.00. The number of hydrogen-bond donors (Lipinski definition) is 0. The summed E-state index contributed by atoms with van der Waals surface area (Å²) in [5, 5.41) is 1.48. The Bertz CT molecular complexity index is 330. The van der Waals surface area contributed by atoms with Crippen molar-refractivity contribution in [1.82, 2.24) is 0 Å². The molecule has 0 aromatic carbocycles. The summed E-state index contributed by atoms with van der Waals surface area (Å²) >= 11 is 3.43. The molecule has 0 aliphatic heterocycles. The lowest BCUT2D eigenvalue weighted by molar-refractivity contribution is -0.120. The minimum atomic E-state index is 0.220. The third-order valence-electron chi connectivity index (χ3n) is 4.29. The van der Waals surface area contributed by atoms with Crippen molar-refractivity contribution in [3.8, 4) is 0 Å². The maximum Gasteiger partial charge on any atom is 0.192 e. The molecule has 0 aromatic rings. The first-order chi connectivity index (χ1) is 8.60. The Morgan fingerprint density at radius 1 is 0.944 bits per heavy atom. The monoisotopic (exact) mass is 286 g/mol. The highest BCUT2D eigenvalue weighted by Gasteiger charge is 2.34. The zero-order chi connectivity index (χ0) is 13.1. The van der Waals surface area contributed by atoms with Gasteiger partial charge in [0.25, 0.3) is 0 Å². The maximum absolute atomic E-state index is 12.2. The zero-order valence-corrected chi connectivity index (χ0v) is 12.8. The molecular weight excluding hydrogens is 264 g/mol. The Morgan fingerprint density at radius 3 is 2.11 bits per heavy atom. The second-order valence-corrected chi connectivity index (χ2v) is 7.99. The van der Waals surface area contributed by atoms with Crippen LogP contribution in [0.5, 0.6) is 0 Å².